The number of aliphatic imine (C=N–C) groups is 1. The lowest BCUT2D eigenvalue weighted by atomic mass is 9.91. The number of amides is 2. The van der Waals surface area contributed by atoms with Gasteiger partial charge in [0.1, 0.15) is 6.04 Å². The fraction of sp³-hybridized carbons (Fsp3) is 0.444. The molecule has 3 rings (SSSR count). The van der Waals surface area contributed by atoms with Crippen molar-refractivity contribution in [3.8, 4) is 0 Å². The van der Waals surface area contributed by atoms with Gasteiger partial charge in [0.25, 0.3) is 5.69 Å². The maximum atomic E-state index is 12.8. The summed E-state index contributed by atoms with van der Waals surface area (Å²) in [5.41, 5.74) is 0.212. The van der Waals surface area contributed by atoms with Gasteiger partial charge in [-0.25, -0.2) is 4.99 Å². The van der Waals surface area contributed by atoms with Crippen LogP contribution < -0.4 is 5.32 Å². The Morgan fingerprint density at radius 3 is 2.72 bits per heavy atom. The lowest BCUT2D eigenvalue weighted by molar-refractivity contribution is -0.384. The average molecular weight is 403 g/mol. The maximum Gasteiger partial charge on any atom is 0.321 e. The number of nitro benzene ring substituents is 1. The van der Waals surface area contributed by atoms with Gasteiger partial charge in [-0.15, -0.1) is 0 Å². The number of nitrogens with zero attached hydrogens (tertiary/aromatic N) is 4. The molecule has 1 fully saturated rings. The number of benzene rings is 1. The highest BCUT2D eigenvalue weighted by molar-refractivity contribution is 6.08. The number of nitrogens with one attached hydrogen (secondary N) is 1. The molecule has 0 saturated carbocycles. The maximum absolute atomic E-state index is 12.8. The van der Waals surface area contributed by atoms with E-state index >= 15 is 0 Å². The Kier molecular flexibility index (Phi) is 6.05. The van der Waals surface area contributed by atoms with Crippen LogP contribution in [0.3, 0.4) is 0 Å². The molecule has 1 aromatic rings. The van der Waals surface area contributed by atoms with Gasteiger partial charge in [-0.2, -0.15) is 0 Å². The Balaban J connectivity index is 1.96. The number of rotatable bonds is 5. The number of hydrogen-bond acceptors (Lipinski definition) is 8. The van der Waals surface area contributed by atoms with Crippen molar-refractivity contribution < 1.29 is 24.0 Å². The number of non-ortho nitro benzene ring substituents is 1. The van der Waals surface area contributed by atoms with Gasteiger partial charge in [-0.1, -0.05) is 12.1 Å². The fourth-order valence-electron chi connectivity index (χ4n) is 3.33. The molecule has 11 nitrogen and oxygen atoms in total. The van der Waals surface area contributed by atoms with Gasteiger partial charge in [0.05, 0.1) is 11.5 Å². The number of piperazine rings is 1. The van der Waals surface area contributed by atoms with E-state index in [1.165, 1.54) is 18.2 Å². The number of carbonyl (C=O) groups is 3. The largest absolute Gasteiger partial charge is 0.465 e. The zero-order chi connectivity index (χ0) is 21.0. The highest BCUT2D eigenvalue weighted by Crippen LogP contribution is 2.32. The van der Waals surface area contributed by atoms with E-state index in [9.17, 15) is 24.5 Å². The third kappa shape index (κ3) is 4.33. The van der Waals surface area contributed by atoms with Crippen LogP contribution >= 0.6 is 0 Å². The molecule has 2 amide bonds. The van der Waals surface area contributed by atoms with E-state index in [2.05, 4.69) is 10.3 Å². The molecule has 29 heavy (non-hydrogen) atoms. The second-order valence-corrected chi connectivity index (χ2v) is 6.60. The van der Waals surface area contributed by atoms with Gasteiger partial charge in [0, 0.05) is 38.3 Å². The van der Waals surface area contributed by atoms with Crippen LogP contribution in [0, 0.1) is 16.0 Å². The molecule has 0 spiro atoms. The molecule has 2 aliphatic heterocycles. The highest BCUT2D eigenvalue weighted by atomic mass is 16.6. The minimum absolute atomic E-state index is 0.0918. The number of guanidine groups is 1. The molecule has 1 aromatic carbocycles. The molecule has 2 atom stereocenters. The van der Waals surface area contributed by atoms with E-state index < -0.39 is 28.8 Å². The lowest BCUT2D eigenvalue weighted by Gasteiger charge is -2.37. The molecular weight excluding hydrogens is 382 g/mol. The molecule has 0 aromatic heterocycles. The van der Waals surface area contributed by atoms with Crippen LogP contribution in [0.2, 0.25) is 0 Å². The molecule has 0 radical (unpaired) electrons. The normalized spacial score (nSPS) is 21.8. The Morgan fingerprint density at radius 2 is 2.10 bits per heavy atom. The smallest absolute Gasteiger partial charge is 0.321 e. The second kappa shape index (κ2) is 8.67. The van der Waals surface area contributed by atoms with Crippen LogP contribution in [-0.2, 0) is 19.1 Å². The summed E-state index contributed by atoms with van der Waals surface area (Å²) < 4.78 is 5.03. The van der Waals surface area contributed by atoms with Gasteiger partial charge >= 0.3 is 5.97 Å². The van der Waals surface area contributed by atoms with Crippen molar-refractivity contribution in [2.75, 3.05) is 32.8 Å². The molecule has 154 valence electrons. The van der Waals surface area contributed by atoms with Crippen molar-refractivity contribution in [1.82, 2.24) is 15.1 Å². The number of ether oxygens (including phenoxy) is 1. The molecule has 2 heterocycles. The van der Waals surface area contributed by atoms with Crippen LogP contribution in [0.15, 0.2) is 29.3 Å². The summed E-state index contributed by atoms with van der Waals surface area (Å²) in [6.45, 7) is 3.59. The van der Waals surface area contributed by atoms with Crippen LogP contribution in [0.25, 0.3) is 0 Å². The van der Waals surface area contributed by atoms with Gasteiger partial charge in [0.2, 0.25) is 18.3 Å². The first-order valence-electron chi connectivity index (χ1n) is 9.18. The van der Waals surface area contributed by atoms with Crippen molar-refractivity contribution in [2.24, 2.45) is 10.9 Å². The third-order valence-corrected chi connectivity index (χ3v) is 4.82. The topological polar surface area (TPSA) is 134 Å². The molecule has 0 unspecified atom stereocenters. The third-order valence-electron chi connectivity index (χ3n) is 4.82. The predicted octanol–water partition coefficient (Wildman–Crippen LogP) is 0.0750. The van der Waals surface area contributed by atoms with E-state index in [1.54, 1.807) is 17.9 Å². The van der Waals surface area contributed by atoms with Gasteiger partial charge < -0.3 is 14.5 Å². The summed E-state index contributed by atoms with van der Waals surface area (Å²) >= 11 is 0. The summed E-state index contributed by atoms with van der Waals surface area (Å²) in [5, 5.41) is 13.8. The average Bonchev–Trinajstić information content (AvgIpc) is 2.73. The van der Waals surface area contributed by atoms with E-state index in [4.69, 9.17) is 4.74 Å². The Labute approximate surface area is 166 Å². The van der Waals surface area contributed by atoms with Crippen molar-refractivity contribution in [3.05, 3.63) is 39.9 Å². The molecule has 1 N–H and O–H groups in total. The van der Waals surface area contributed by atoms with E-state index in [0.29, 0.717) is 31.7 Å². The first kappa shape index (κ1) is 20.2. The zero-order valence-electron chi connectivity index (χ0n) is 15.8. The number of nitro groups is 1. The Bertz CT molecular complexity index is 849. The molecule has 2 aliphatic rings. The van der Waals surface area contributed by atoms with Crippen molar-refractivity contribution in [1.29, 1.82) is 0 Å². The SMILES string of the molecule is CCOC(=O)[C@@H]1C(=O)NC(N2CCN(C=O)CC2)=N[C@@H]1c1cccc([N+](=O)[O-])c1. The Morgan fingerprint density at radius 1 is 1.38 bits per heavy atom. The first-order valence-corrected chi connectivity index (χ1v) is 9.18. The van der Waals surface area contributed by atoms with Crippen LogP contribution in [-0.4, -0.2) is 71.8 Å². The minimum Gasteiger partial charge on any atom is -0.465 e. The van der Waals surface area contributed by atoms with Crippen molar-refractivity contribution in [3.63, 3.8) is 0 Å². The molecule has 11 heteroatoms. The second-order valence-electron chi connectivity index (χ2n) is 6.60. The predicted molar refractivity (Wildman–Crippen MR) is 101 cm³/mol. The van der Waals surface area contributed by atoms with Crippen molar-refractivity contribution in [2.45, 2.75) is 13.0 Å². The Hall–Kier alpha value is -3.50. The first-order chi connectivity index (χ1) is 13.9. The standard InChI is InChI=1S/C18H21N5O6/c1-2-29-17(26)14-15(12-4-3-5-13(10-12)23(27)28)19-18(20-16(14)25)22-8-6-21(11-24)7-9-22/h3-5,10-11,14-15H,2,6-9H2,1H3,(H,19,20,25)/t14-,15+/m0/s1. The monoisotopic (exact) mass is 403 g/mol. The summed E-state index contributed by atoms with van der Waals surface area (Å²) in [6, 6.07) is 4.76. The number of hydrogen-bond donors (Lipinski definition) is 1. The molecular formula is C18H21N5O6. The van der Waals surface area contributed by atoms with Crippen LogP contribution in [0.1, 0.15) is 18.5 Å². The van der Waals surface area contributed by atoms with Gasteiger partial charge in [-0.3, -0.25) is 29.8 Å². The summed E-state index contributed by atoms with van der Waals surface area (Å²) in [4.78, 5) is 54.7. The van der Waals surface area contributed by atoms with Gasteiger partial charge in [-0.05, 0) is 12.5 Å². The number of carbonyl (C=O) groups excluding carboxylic acids is 3. The van der Waals surface area contributed by atoms with Gasteiger partial charge in [0.15, 0.2) is 5.92 Å². The zero-order valence-corrected chi connectivity index (χ0v) is 15.8. The molecule has 0 aliphatic carbocycles. The van der Waals surface area contributed by atoms with Crippen LogP contribution in [0.5, 0.6) is 0 Å². The summed E-state index contributed by atoms with van der Waals surface area (Å²) in [6.07, 6.45) is 0.765. The van der Waals surface area contributed by atoms with Crippen molar-refractivity contribution >= 4 is 29.9 Å². The summed E-state index contributed by atoms with van der Waals surface area (Å²) in [7, 11) is 0. The minimum atomic E-state index is -1.25. The summed E-state index contributed by atoms with van der Waals surface area (Å²) in [5.74, 6) is -2.30. The quantitative estimate of drug-likeness (QED) is 0.242. The van der Waals surface area contributed by atoms with Crippen LogP contribution in [0.4, 0.5) is 5.69 Å². The van der Waals surface area contributed by atoms with E-state index in [1.807, 2.05) is 4.90 Å². The van der Waals surface area contributed by atoms with E-state index in [0.717, 1.165) is 6.41 Å². The number of esters is 1. The molecule has 1 saturated heterocycles. The highest BCUT2D eigenvalue weighted by Gasteiger charge is 2.42. The fourth-order valence-corrected chi connectivity index (χ4v) is 3.33. The molecule has 0 bridgehead atoms. The lowest BCUT2D eigenvalue weighted by Crippen LogP contribution is -2.57. The van der Waals surface area contributed by atoms with E-state index in [-0.39, 0.29) is 18.3 Å².